The Morgan fingerprint density at radius 2 is 1.88 bits per heavy atom. The smallest absolute Gasteiger partial charge is 0.351 e. The van der Waals surface area contributed by atoms with Gasteiger partial charge in [-0.15, -0.1) is 0 Å². The van der Waals surface area contributed by atoms with Crippen molar-refractivity contribution in [2.75, 3.05) is 0 Å². The van der Waals surface area contributed by atoms with Gasteiger partial charge in [0.2, 0.25) is 0 Å². The maximum Gasteiger partial charge on any atom is 0.351 e. The number of hydrogen-bond acceptors (Lipinski definition) is 5. The van der Waals surface area contributed by atoms with Crippen LogP contribution >= 0.6 is 0 Å². The monoisotopic (exact) mass is 338 g/mol. The van der Waals surface area contributed by atoms with Crippen LogP contribution in [-0.2, 0) is 6.61 Å². The van der Waals surface area contributed by atoms with Gasteiger partial charge in [0.05, 0.1) is 6.61 Å². The number of carbonyl (C=O) groups is 1. The van der Waals surface area contributed by atoms with E-state index < -0.39 is 11.6 Å². The first kappa shape index (κ1) is 15.7. The lowest BCUT2D eigenvalue weighted by Gasteiger charge is -2.29. The van der Waals surface area contributed by atoms with Crippen molar-refractivity contribution in [2.45, 2.75) is 33.0 Å². The average molecular weight is 338 g/mol. The number of aliphatic hydroxyl groups is 1. The molecule has 0 unspecified atom stereocenters. The SMILES string of the molecule is Cc1cc(CO)c2c(c1)OC(=O)c1c(ccc3c1OC(C)(C)C=C3)O2. The fraction of sp³-hybridized carbons (Fsp3) is 0.250. The zero-order valence-corrected chi connectivity index (χ0v) is 14.3. The zero-order valence-electron chi connectivity index (χ0n) is 14.3. The van der Waals surface area contributed by atoms with E-state index in [1.165, 1.54) is 0 Å². The number of fused-ring (bicyclic) bond motifs is 4. The highest BCUT2D eigenvalue weighted by molar-refractivity contribution is 5.99. The van der Waals surface area contributed by atoms with Gasteiger partial charge in [-0.3, -0.25) is 0 Å². The summed E-state index contributed by atoms with van der Waals surface area (Å²) in [5.41, 5.74) is 1.95. The Hall–Kier alpha value is -2.79. The van der Waals surface area contributed by atoms with Crippen LogP contribution in [0.5, 0.6) is 23.0 Å². The number of esters is 1. The number of aliphatic hydroxyl groups excluding tert-OH is 1. The quantitative estimate of drug-likeness (QED) is 0.629. The highest BCUT2D eigenvalue weighted by Gasteiger charge is 2.33. The number of rotatable bonds is 1. The van der Waals surface area contributed by atoms with Crippen LogP contribution in [0, 0.1) is 6.92 Å². The second-order valence-corrected chi connectivity index (χ2v) is 6.80. The molecule has 0 fully saturated rings. The molecule has 5 heteroatoms. The van der Waals surface area contributed by atoms with Gasteiger partial charge in [0.1, 0.15) is 22.7 Å². The van der Waals surface area contributed by atoms with E-state index in [2.05, 4.69) is 0 Å². The van der Waals surface area contributed by atoms with Crippen molar-refractivity contribution in [1.82, 2.24) is 0 Å². The molecular formula is C20H18O5. The summed E-state index contributed by atoms with van der Waals surface area (Å²) >= 11 is 0. The van der Waals surface area contributed by atoms with Gasteiger partial charge in [0.15, 0.2) is 11.5 Å². The Morgan fingerprint density at radius 1 is 1.08 bits per heavy atom. The molecule has 0 atom stereocenters. The fourth-order valence-electron chi connectivity index (χ4n) is 3.07. The van der Waals surface area contributed by atoms with E-state index in [-0.39, 0.29) is 12.2 Å². The summed E-state index contributed by atoms with van der Waals surface area (Å²) in [4.78, 5) is 12.8. The highest BCUT2D eigenvalue weighted by Crippen LogP contribution is 2.46. The molecule has 0 amide bonds. The van der Waals surface area contributed by atoms with E-state index in [0.717, 1.165) is 11.1 Å². The summed E-state index contributed by atoms with van der Waals surface area (Å²) in [6.45, 7) is 5.48. The molecule has 0 spiro atoms. The molecule has 0 aromatic heterocycles. The Labute approximate surface area is 145 Å². The van der Waals surface area contributed by atoms with E-state index in [1.807, 2.05) is 39.0 Å². The predicted molar refractivity (Wildman–Crippen MR) is 92.3 cm³/mol. The van der Waals surface area contributed by atoms with E-state index >= 15 is 0 Å². The topological polar surface area (TPSA) is 65.0 Å². The summed E-state index contributed by atoms with van der Waals surface area (Å²) < 4.78 is 17.5. The maximum atomic E-state index is 12.8. The van der Waals surface area contributed by atoms with Gasteiger partial charge >= 0.3 is 5.97 Å². The molecule has 1 N–H and O–H groups in total. The summed E-state index contributed by atoms with van der Waals surface area (Å²) in [6.07, 6.45) is 3.86. The minimum absolute atomic E-state index is 0.214. The van der Waals surface area contributed by atoms with Gasteiger partial charge in [0, 0.05) is 11.1 Å². The number of ether oxygens (including phenoxy) is 3. The van der Waals surface area contributed by atoms with E-state index in [4.69, 9.17) is 14.2 Å². The second kappa shape index (κ2) is 5.36. The van der Waals surface area contributed by atoms with Crippen molar-refractivity contribution in [2.24, 2.45) is 0 Å². The van der Waals surface area contributed by atoms with Crippen molar-refractivity contribution >= 4 is 12.0 Å². The zero-order chi connectivity index (χ0) is 17.8. The standard InChI is InChI=1S/C20H18O5/c1-11-8-13(10-21)17-15(9-11)24-19(22)16-14(23-17)5-4-12-6-7-20(2,3)25-18(12)16/h4-9,21H,10H2,1-3H3. The largest absolute Gasteiger partial charge is 0.482 e. The molecule has 2 aliphatic heterocycles. The molecule has 2 aromatic carbocycles. The molecular weight excluding hydrogens is 320 g/mol. The first-order chi connectivity index (χ1) is 11.9. The van der Waals surface area contributed by atoms with Crippen LogP contribution < -0.4 is 14.2 Å². The molecule has 0 saturated carbocycles. The molecule has 5 nitrogen and oxygen atoms in total. The van der Waals surface area contributed by atoms with Gasteiger partial charge < -0.3 is 19.3 Å². The minimum atomic E-state index is -0.536. The Balaban J connectivity index is 1.91. The molecule has 2 aromatic rings. The predicted octanol–water partition coefficient (Wildman–Crippen LogP) is 4.00. The normalized spacial score (nSPS) is 16.6. The van der Waals surface area contributed by atoms with Gasteiger partial charge in [-0.2, -0.15) is 0 Å². The lowest BCUT2D eigenvalue weighted by Crippen LogP contribution is -2.29. The fourth-order valence-corrected chi connectivity index (χ4v) is 3.07. The van der Waals surface area contributed by atoms with Crippen LogP contribution in [0.3, 0.4) is 0 Å². The van der Waals surface area contributed by atoms with Gasteiger partial charge in [-0.1, -0.05) is 6.08 Å². The number of benzene rings is 2. The van der Waals surface area contributed by atoms with Crippen molar-refractivity contribution in [1.29, 1.82) is 0 Å². The highest BCUT2D eigenvalue weighted by atomic mass is 16.6. The summed E-state index contributed by atoms with van der Waals surface area (Å²) in [6, 6.07) is 7.08. The molecule has 0 bridgehead atoms. The molecule has 25 heavy (non-hydrogen) atoms. The van der Waals surface area contributed by atoms with Crippen LogP contribution in [0.15, 0.2) is 30.3 Å². The second-order valence-electron chi connectivity index (χ2n) is 6.80. The first-order valence-corrected chi connectivity index (χ1v) is 8.07. The Kier molecular flexibility index (Phi) is 3.37. The van der Waals surface area contributed by atoms with Crippen LogP contribution in [0.1, 0.15) is 40.9 Å². The van der Waals surface area contributed by atoms with E-state index in [0.29, 0.717) is 28.6 Å². The summed E-state index contributed by atoms with van der Waals surface area (Å²) in [5, 5.41) is 9.63. The van der Waals surface area contributed by atoms with Gasteiger partial charge in [-0.25, -0.2) is 4.79 Å². The average Bonchev–Trinajstić information content (AvgIpc) is 2.69. The molecule has 0 saturated heterocycles. The van der Waals surface area contributed by atoms with Gasteiger partial charge in [0.25, 0.3) is 0 Å². The van der Waals surface area contributed by atoms with Crippen LogP contribution in [0.25, 0.3) is 6.08 Å². The summed E-state index contributed by atoms with van der Waals surface area (Å²) in [5.74, 6) is 0.916. The number of aryl methyl sites for hydroxylation is 1. The van der Waals surface area contributed by atoms with Crippen molar-refractivity contribution in [3.05, 3.63) is 52.6 Å². The lowest BCUT2D eigenvalue weighted by molar-refractivity contribution is 0.0725. The molecule has 0 aliphatic carbocycles. The third-order valence-electron chi connectivity index (χ3n) is 4.24. The first-order valence-electron chi connectivity index (χ1n) is 8.07. The number of hydrogen-bond donors (Lipinski definition) is 1. The molecule has 128 valence electrons. The molecule has 2 heterocycles. The molecule has 4 rings (SSSR count). The maximum absolute atomic E-state index is 12.8. The van der Waals surface area contributed by atoms with Crippen molar-refractivity contribution in [3.63, 3.8) is 0 Å². The Bertz CT molecular complexity index is 924. The third kappa shape index (κ3) is 2.57. The van der Waals surface area contributed by atoms with Crippen LogP contribution in [0.4, 0.5) is 0 Å². The Morgan fingerprint density at radius 3 is 2.64 bits per heavy atom. The van der Waals surface area contributed by atoms with E-state index in [9.17, 15) is 9.90 Å². The van der Waals surface area contributed by atoms with Crippen LogP contribution in [-0.4, -0.2) is 16.7 Å². The number of carbonyl (C=O) groups excluding carboxylic acids is 1. The lowest BCUT2D eigenvalue weighted by atomic mass is 9.99. The summed E-state index contributed by atoms with van der Waals surface area (Å²) in [7, 11) is 0. The third-order valence-corrected chi connectivity index (χ3v) is 4.24. The molecule has 0 radical (unpaired) electrons. The van der Waals surface area contributed by atoms with Gasteiger partial charge in [-0.05, 0) is 56.7 Å². The van der Waals surface area contributed by atoms with Crippen LogP contribution in [0.2, 0.25) is 0 Å². The van der Waals surface area contributed by atoms with Crippen molar-refractivity contribution < 1.29 is 24.1 Å². The molecule has 2 aliphatic rings. The minimum Gasteiger partial charge on any atom is -0.482 e. The van der Waals surface area contributed by atoms with E-state index in [1.54, 1.807) is 18.2 Å². The van der Waals surface area contributed by atoms with Crippen molar-refractivity contribution in [3.8, 4) is 23.0 Å².